The van der Waals surface area contributed by atoms with E-state index in [-0.39, 0.29) is 5.56 Å². The molecule has 19 heavy (non-hydrogen) atoms. The van der Waals surface area contributed by atoms with Crippen LogP contribution in [0.1, 0.15) is 49.3 Å². The molecule has 0 atom stereocenters. The lowest BCUT2D eigenvalue weighted by Gasteiger charge is -2.22. The van der Waals surface area contributed by atoms with Crippen LogP contribution in [-0.2, 0) is 0 Å². The topological polar surface area (TPSA) is 37.8 Å². The molecule has 0 unspecified atom stereocenters. The molecule has 0 aromatic carbocycles. The molecule has 0 spiro atoms. The zero-order valence-corrected chi connectivity index (χ0v) is 11.4. The van der Waals surface area contributed by atoms with Gasteiger partial charge < -0.3 is 9.55 Å². The normalized spacial score (nSPS) is 16.7. The first kappa shape index (κ1) is 12.3. The van der Waals surface area contributed by atoms with Crippen molar-refractivity contribution in [1.82, 2.24) is 9.55 Å². The van der Waals surface area contributed by atoms with Crippen LogP contribution in [0.5, 0.6) is 0 Å². The van der Waals surface area contributed by atoms with Gasteiger partial charge in [0.25, 0.3) is 0 Å². The lowest BCUT2D eigenvalue weighted by Crippen LogP contribution is -2.14. The Labute approximate surface area is 113 Å². The Hall–Kier alpha value is -1.77. The van der Waals surface area contributed by atoms with Gasteiger partial charge >= 0.3 is 0 Å². The molecule has 3 heteroatoms. The fourth-order valence-electron chi connectivity index (χ4n) is 3.00. The Kier molecular flexibility index (Phi) is 3.28. The Bertz CT molecular complexity index is 618. The number of H-pyrrole nitrogens is 1. The molecule has 1 aliphatic carbocycles. The minimum absolute atomic E-state index is 0.00410. The number of hydrogen-bond acceptors (Lipinski definition) is 1. The molecule has 100 valence electrons. The largest absolute Gasteiger partial charge is 0.326 e. The summed E-state index contributed by atoms with van der Waals surface area (Å²) in [4.78, 5) is 14.9. The van der Waals surface area contributed by atoms with Crippen LogP contribution in [0.3, 0.4) is 0 Å². The van der Waals surface area contributed by atoms with Crippen LogP contribution in [0.4, 0.5) is 0 Å². The van der Waals surface area contributed by atoms with Crippen molar-refractivity contribution in [1.29, 1.82) is 0 Å². The second kappa shape index (κ2) is 5.08. The minimum atomic E-state index is 0.00410. The van der Waals surface area contributed by atoms with Crippen LogP contribution in [0.15, 0.2) is 35.4 Å². The smallest absolute Gasteiger partial charge is 0.250 e. The van der Waals surface area contributed by atoms with Gasteiger partial charge in [0.15, 0.2) is 0 Å². The van der Waals surface area contributed by atoms with Crippen LogP contribution in [0.25, 0.3) is 5.69 Å². The standard InChI is InChI=1S/C16H20N2O/c1-12-7-8-18(11-12)14-9-15(17-16(19)10-14)13-5-3-2-4-6-13/h7-11,13H,2-6H2,1H3,(H,17,19). The average molecular weight is 256 g/mol. The summed E-state index contributed by atoms with van der Waals surface area (Å²) < 4.78 is 2.02. The van der Waals surface area contributed by atoms with E-state index in [9.17, 15) is 4.79 Å². The van der Waals surface area contributed by atoms with Crippen molar-refractivity contribution in [2.24, 2.45) is 0 Å². The number of aryl methyl sites for hydroxylation is 1. The first-order valence-electron chi connectivity index (χ1n) is 7.11. The first-order chi connectivity index (χ1) is 9.22. The molecule has 0 amide bonds. The van der Waals surface area contributed by atoms with Gasteiger partial charge in [-0.2, -0.15) is 0 Å². The van der Waals surface area contributed by atoms with Crippen molar-refractivity contribution in [2.75, 3.05) is 0 Å². The van der Waals surface area contributed by atoms with E-state index in [2.05, 4.69) is 30.2 Å². The molecule has 1 saturated carbocycles. The number of hydrogen-bond donors (Lipinski definition) is 1. The number of rotatable bonds is 2. The fourth-order valence-corrected chi connectivity index (χ4v) is 3.00. The molecule has 0 bridgehead atoms. The van der Waals surface area contributed by atoms with Crippen molar-refractivity contribution >= 4 is 0 Å². The Morgan fingerprint density at radius 1 is 1.21 bits per heavy atom. The minimum Gasteiger partial charge on any atom is -0.326 e. The van der Waals surface area contributed by atoms with Gasteiger partial charge in [-0.1, -0.05) is 19.3 Å². The molecule has 3 nitrogen and oxygen atoms in total. The van der Waals surface area contributed by atoms with Crippen molar-refractivity contribution in [3.8, 4) is 5.69 Å². The van der Waals surface area contributed by atoms with Crippen LogP contribution in [0, 0.1) is 6.92 Å². The summed E-state index contributed by atoms with van der Waals surface area (Å²) in [5.41, 5.74) is 3.29. The third-order valence-corrected chi connectivity index (χ3v) is 4.03. The maximum Gasteiger partial charge on any atom is 0.250 e. The summed E-state index contributed by atoms with van der Waals surface area (Å²) in [6, 6.07) is 5.87. The average Bonchev–Trinajstić information content (AvgIpc) is 2.86. The maximum atomic E-state index is 11.9. The van der Waals surface area contributed by atoms with Crippen molar-refractivity contribution in [3.63, 3.8) is 0 Å². The van der Waals surface area contributed by atoms with Gasteiger partial charge in [0.05, 0.1) is 5.69 Å². The number of aromatic nitrogens is 2. The molecular formula is C16H20N2O. The maximum absolute atomic E-state index is 11.9. The van der Waals surface area contributed by atoms with Gasteiger partial charge in [-0.05, 0) is 43.4 Å². The van der Waals surface area contributed by atoms with Crippen molar-refractivity contribution in [2.45, 2.75) is 44.9 Å². The molecule has 0 aliphatic heterocycles. The first-order valence-corrected chi connectivity index (χ1v) is 7.11. The molecule has 1 N–H and O–H groups in total. The van der Waals surface area contributed by atoms with Gasteiger partial charge in [-0.3, -0.25) is 4.79 Å². The van der Waals surface area contributed by atoms with Gasteiger partial charge in [0.2, 0.25) is 5.56 Å². The van der Waals surface area contributed by atoms with Crippen LogP contribution in [0.2, 0.25) is 0 Å². The molecule has 2 aromatic rings. The van der Waals surface area contributed by atoms with Crippen molar-refractivity contribution < 1.29 is 0 Å². The monoisotopic (exact) mass is 256 g/mol. The number of pyridine rings is 1. The lowest BCUT2D eigenvalue weighted by atomic mass is 9.86. The van der Waals surface area contributed by atoms with E-state index in [1.807, 2.05) is 10.8 Å². The SMILES string of the molecule is Cc1ccn(-c2cc(C3CCCCC3)[nH]c(=O)c2)c1. The summed E-state index contributed by atoms with van der Waals surface area (Å²) in [6.45, 7) is 2.06. The summed E-state index contributed by atoms with van der Waals surface area (Å²) in [5, 5.41) is 0. The van der Waals surface area contributed by atoms with E-state index in [1.54, 1.807) is 6.07 Å². The van der Waals surface area contributed by atoms with E-state index in [0.29, 0.717) is 5.92 Å². The molecule has 2 aromatic heterocycles. The van der Waals surface area contributed by atoms with E-state index < -0.39 is 0 Å². The number of nitrogens with one attached hydrogen (secondary N) is 1. The van der Waals surface area contributed by atoms with E-state index >= 15 is 0 Å². The molecule has 1 aliphatic rings. The summed E-state index contributed by atoms with van der Waals surface area (Å²) >= 11 is 0. The van der Waals surface area contributed by atoms with Gasteiger partial charge in [-0.15, -0.1) is 0 Å². The van der Waals surface area contributed by atoms with Crippen LogP contribution >= 0.6 is 0 Å². The van der Waals surface area contributed by atoms with E-state index in [4.69, 9.17) is 0 Å². The van der Waals surface area contributed by atoms with Gasteiger partial charge in [0, 0.05) is 24.2 Å². The Morgan fingerprint density at radius 3 is 2.68 bits per heavy atom. The second-order valence-electron chi connectivity index (χ2n) is 5.59. The zero-order chi connectivity index (χ0) is 13.2. The predicted molar refractivity (Wildman–Crippen MR) is 77.0 cm³/mol. The Morgan fingerprint density at radius 2 is 2.00 bits per heavy atom. The molecule has 1 fully saturated rings. The molecular weight excluding hydrogens is 236 g/mol. The van der Waals surface area contributed by atoms with Gasteiger partial charge in [0.1, 0.15) is 0 Å². The molecule has 0 saturated heterocycles. The fraction of sp³-hybridized carbons (Fsp3) is 0.438. The highest BCUT2D eigenvalue weighted by Gasteiger charge is 2.17. The quantitative estimate of drug-likeness (QED) is 0.877. The third-order valence-electron chi connectivity index (χ3n) is 4.03. The summed E-state index contributed by atoms with van der Waals surface area (Å²) in [7, 11) is 0. The lowest BCUT2D eigenvalue weighted by molar-refractivity contribution is 0.436. The zero-order valence-electron chi connectivity index (χ0n) is 11.4. The highest BCUT2D eigenvalue weighted by molar-refractivity contribution is 5.35. The summed E-state index contributed by atoms with van der Waals surface area (Å²) in [6.07, 6.45) is 10.3. The van der Waals surface area contributed by atoms with E-state index in [0.717, 1.165) is 11.4 Å². The van der Waals surface area contributed by atoms with Crippen LogP contribution in [-0.4, -0.2) is 9.55 Å². The summed E-state index contributed by atoms with van der Waals surface area (Å²) in [5.74, 6) is 0.526. The van der Waals surface area contributed by atoms with Crippen molar-refractivity contribution in [3.05, 3.63) is 52.2 Å². The molecule has 0 radical (unpaired) electrons. The highest BCUT2D eigenvalue weighted by atomic mass is 16.1. The molecule has 2 heterocycles. The predicted octanol–water partition coefficient (Wildman–Crippen LogP) is 3.52. The highest BCUT2D eigenvalue weighted by Crippen LogP contribution is 2.31. The van der Waals surface area contributed by atoms with Crippen LogP contribution < -0.4 is 5.56 Å². The molecule has 3 rings (SSSR count). The van der Waals surface area contributed by atoms with E-state index in [1.165, 1.54) is 37.7 Å². The van der Waals surface area contributed by atoms with Gasteiger partial charge in [-0.25, -0.2) is 0 Å². The number of nitrogens with zero attached hydrogens (tertiary/aromatic N) is 1. The Balaban J connectivity index is 1.98. The third kappa shape index (κ3) is 2.65. The second-order valence-corrected chi connectivity index (χ2v) is 5.59. The number of aromatic amines is 1.